The van der Waals surface area contributed by atoms with Crippen LogP contribution in [-0.2, 0) is 11.3 Å². The smallest absolute Gasteiger partial charge is 0.253 e. The molecule has 0 saturated carbocycles. The summed E-state index contributed by atoms with van der Waals surface area (Å²) in [6.45, 7) is 0.322. The van der Waals surface area contributed by atoms with Gasteiger partial charge in [-0.3, -0.25) is 9.78 Å². The topological polar surface area (TPSA) is 71.5 Å². The van der Waals surface area contributed by atoms with E-state index in [1.165, 1.54) is 0 Å². The van der Waals surface area contributed by atoms with Gasteiger partial charge in [0.25, 0.3) is 5.91 Å². The summed E-state index contributed by atoms with van der Waals surface area (Å²) in [5, 5.41) is 13.0. The summed E-state index contributed by atoms with van der Waals surface area (Å²) < 4.78 is 5.16. The van der Waals surface area contributed by atoms with Crippen LogP contribution >= 0.6 is 0 Å². The fourth-order valence-corrected chi connectivity index (χ4v) is 2.62. The average Bonchev–Trinajstić information content (AvgIpc) is 2.72. The normalized spacial score (nSPS) is 11.6. The van der Waals surface area contributed by atoms with Crippen LogP contribution in [0.3, 0.4) is 0 Å². The second-order valence-electron chi connectivity index (χ2n) is 5.83. The first-order valence-electron chi connectivity index (χ1n) is 8.26. The van der Waals surface area contributed by atoms with E-state index in [0.29, 0.717) is 12.1 Å². The monoisotopic (exact) mass is 348 g/mol. The molecule has 0 aliphatic heterocycles. The quantitative estimate of drug-likeness (QED) is 0.718. The van der Waals surface area contributed by atoms with Crippen molar-refractivity contribution >= 4 is 5.91 Å². The zero-order valence-corrected chi connectivity index (χ0v) is 14.4. The third-order valence-corrected chi connectivity index (χ3v) is 4.09. The molecule has 2 aromatic carbocycles. The van der Waals surface area contributed by atoms with Crippen LogP contribution < -0.4 is 10.1 Å². The highest BCUT2D eigenvalue weighted by molar-refractivity contribution is 5.82. The number of carbonyl (C=O) groups excluding carboxylic acids is 1. The number of aliphatic hydroxyl groups excluding tert-OH is 1. The average molecular weight is 348 g/mol. The van der Waals surface area contributed by atoms with E-state index in [9.17, 15) is 9.90 Å². The van der Waals surface area contributed by atoms with Crippen molar-refractivity contribution in [3.05, 3.63) is 84.2 Å². The van der Waals surface area contributed by atoms with E-state index in [1.807, 2.05) is 48.5 Å². The zero-order valence-electron chi connectivity index (χ0n) is 14.4. The molecule has 1 unspecified atom stereocenters. The summed E-state index contributed by atoms with van der Waals surface area (Å²) in [7, 11) is 1.59. The minimum atomic E-state index is -1.22. The van der Waals surface area contributed by atoms with E-state index >= 15 is 0 Å². The van der Waals surface area contributed by atoms with E-state index in [1.54, 1.807) is 31.6 Å². The lowest BCUT2D eigenvalue weighted by Crippen LogP contribution is -2.28. The number of carbonyl (C=O) groups is 1. The van der Waals surface area contributed by atoms with Gasteiger partial charge in [-0.25, -0.2) is 0 Å². The van der Waals surface area contributed by atoms with Gasteiger partial charge in [-0.1, -0.05) is 36.4 Å². The number of hydrogen-bond acceptors (Lipinski definition) is 4. The lowest BCUT2D eigenvalue weighted by molar-refractivity contribution is -0.129. The Hall–Kier alpha value is -3.18. The Balaban J connectivity index is 1.62. The minimum Gasteiger partial charge on any atom is -0.497 e. The first kappa shape index (κ1) is 17.6. The first-order valence-corrected chi connectivity index (χ1v) is 8.26. The number of hydrogen-bond donors (Lipinski definition) is 2. The molecule has 0 fully saturated rings. The first-order chi connectivity index (χ1) is 12.7. The Morgan fingerprint density at radius 1 is 1.08 bits per heavy atom. The molecule has 26 heavy (non-hydrogen) atoms. The van der Waals surface area contributed by atoms with Gasteiger partial charge in [0.15, 0.2) is 6.10 Å². The number of pyridine rings is 1. The van der Waals surface area contributed by atoms with Gasteiger partial charge >= 0.3 is 0 Å². The van der Waals surface area contributed by atoms with Gasteiger partial charge in [0.2, 0.25) is 0 Å². The van der Waals surface area contributed by atoms with E-state index in [2.05, 4.69) is 10.3 Å². The fraction of sp³-hybridized carbons (Fsp3) is 0.143. The second-order valence-corrected chi connectivity index (χ2v) is 5.83. The van der Waals surface area contributed by atoms with E-state index < -0.39 is 12.0 Å². The maximum Gasteiger partial charge on any atom is 0.253 e. The highest BCUT2D eigenvalue weighted by Gasteiger charge is 2.17. The van der Waals surface area contributed by atoms with Crippen LogP contribution in [0.1, 0.15) is 17.2 Å². The van der Waals surface area contributed by atoms with E-state index in [0.717, 1.165) is 22.4 Å². The largest absolute Gasteiger partial charge is 0.497 e. The van der Waals surface area contributed by atoms with Gasteiger partial charge < -0.3 is 15.2 Å². The lowest BCUT2D eigenvalue weighted by atomic mass is 10.0. The molecule has 0 spiro atoms. The standard InChI is InChI=1S/C21H20N2O3/c1-26-19-4-2-3-15(13-19)14-23-21(25)20(24)18-7-5-16(6-8-18)17-9-11-22-12-10-17/h2-13,20,24H,14H2,1H3,(H,23,25). The van der Waals surface area contributed by atoms with Crippen LogP contribution in [0.5, 0.6) is 5.75 Å². The van der Waals surface area contributed by atoms with Crippen molar-refractivity contribution in [1.29, 1.82) is 0 Å². The highest BCUT2D eigenvalue weighted by atomic mass is 16.5. The van der Waals surface area contributed by atoms with Crippen molar-refractivity contribution in [2.24, 2.45) is 0 Å². The fourth-order valence-electron chi connectivity index (χ4n) is 2.62. The summed E-state index contributed by atoms with van der Waals surface area (Å²) in [4.78, 5) is 16.2. The van der Waals surface area contributed by atoms with Crippen LogP contribution in [0.25, 0.3) is 11.1 Å². The third kappa shape index (κ3) is 4.26. The number of nitrogens with zero attached hydrogens (tertiary/aromatic N) is 1. The summed E-state index contributed by atoms with van der Waals surface area (Å²) in [6, 6.07) is 18.5. The molecule has 0 aliphatic carbocycles. The van der Waals surface area contributed by atoms with Crippen molar-refractivity contribution in [3.8, 4) is 16.9 Å². The van der Waals surface area contributed by atoms with Crippen molar-refractivity contribution < 1.29 is 14.6 Å². The van der Waals surface area contributed by atoms with Crippen molar-refractivity contribution in [2.45, 2.75) is 12.6 Å². The molecule has 5 heteroatoms. The predicted molar refractivity (Wildman–Crippen MR) is 99.5 cm³/mol. The molecule has 3 rings (SSSR count). The van der Waals surface area contributed by atoms with Crippen LogP contribution in [0.2, 0.25) is 0 Å². The van der Waals surface area contributed by atoms with Crippen molar-refractivity contribution in [1.82, 2.24) is 10.3 Å². The van der Waals surface area contributed by atoms with Crippen LogP contribution in [0.4, 0.5) is 0 Å². The lowest BCUT2D eigenvalue weighted by Gasteiger charge is -2.13. The molecule has 1 aromatic heterocycles. The van der Waals surface area contributed by atoms with Gasteiger partial charge in [-0.05, 0) is 46.5 Å². The number of ether oxygens (including phenoxy) is 1. The summed E-state index contributed by atoms with van der Waals surface area (Å²) >= 11 is 0. The molecule has 5 nitrogen and oxygen atoms in total. The Kier molecular flexibility index (Phi) is 5.61. The van der Waals surface area contributed by atoms with Gasteiger partial charge in [-0.15, -0.1) is 0 Å². The number of methoxy groups -OCH3 is 1. The third-order valence-electron chi connectivity index (χ3n) is 4.09. The maximum absolute atomic E-state index is 12.2. The van der Waals surface area contributed by atoms with Gasteiger partial charge in [-0.2, -0.15) is 0 Å². The molecular formula is C21H20N2O3. The van der Waals surface area contributed by atoms with Crippen LogP contribution in [0, 0.1) is 0 Å². The zero-order chi connectivity index (χ0) is 18.4. The Morgan fingerprint density at radius 3 is 2.46 bits per heavy atom. The van der Waals surface area contributed by atoms with Crippen molar-refractivity contribution in [2.75, 3.05) is 7.11 Å². The SMILES string of the molecule is COc1cccc(CNC(=O)C(O)c2ccc(-c3ccncc3)cc2)c1. The van der Waals surface area contributed by atoms with Crippen LogP contribution in [0.15, 0.2) is 73.1 Å². The molecule has 132 valence electrons. The number of aliphatic hydroxyl groups is 1. The molecule has 1 amide bonds. The summed E-state index contributed by atoms with van der Waals surface area (Å²) in [5.41, 5.74) is 3.48. The Morgan fingerprint density at radius 2 is 1.77 bits per heavy atom. The van der Waals surface area contributed by atoms with Crippen LogP contribution in [-0.4, -0.2) is 23.1 Å². The Labute approximate surface area is 152 Å². The summed E-state index contributed by atoms with van der Waals surface area (Å²) in [6.07, 6.45) is 2.24. The summed E-state index contributed by atoms with van der Waals surface area (Å²) in [5.74, 6) is 0.286. The molecule has 0 radical (unpaired) electrons. The molecule has 0 bridgehead atoms. The molecular weight excluding hydrogens is 328 g/mol. The van der Waals surface area contributed by atoms with Gasteiger partial charge in [0, 0.05) is 18.9 Å². The van der Waals surface area contributed by atoms with Crippen molar-refractivity contribution in [3.63, 3.8) is 0 Å². The van der Waals surface area contributed by atoms with Gasteiger partial charge in [0.05, 0.1) is 7.11 Å². The molecule has 3 aromatic rings. The van der Waals surface area contributed by atoms with E-state index in [-0.39, 0.29) is 0 Å². The highest BCUT2D eigenvalue weighted by Crippen LogP contribution is 2.21. The number of benzene rings is 2. The second kappa shape index (κ2) is 8.27. The maximum atomic E-state index is 12.2. The number of nitrogens with one attached hydrogen (secondary N) is 1. The number of amides is 1. The molecule has 0 saturated heterocycles. The molecule has 2 N–H and O–H groups in total. The molecule has 0 aliphatic rings. The molecule has 1 heterocycles. The Bertz CT molecular complexity index is 864. The van der Waals surface area contributed by atoms with Gasteiger partial charge in [0.1, 0.15) is 5.75 Å². The number of aromatic nitrogens is 1. The minimum absolute atomic E-state index is 0.322. The predicted octanol–water partition coefficient (Wildman–Crippen LogP) is 3.11. The molecule has 1 atom stereocenters. The van der Waals surface area contributed by atoms with E-state index in [4.69, 9.17) is 4.74 Å². The number of rotatable bonds is 6.